The van der Waals surface area contributed by atoms with E-state index in [0.29, 0.717) is 22.6 Å². The van der Waals surface area contributed by atoms with Gasteiger partial charge in [0.2, 0.25) is 0 Å². The highest BCUT2D eigenvalue weighted by Gasteiger charge is 2.26. The molecule has 0 saturated heterocycles. The highest BCUT2D eigenvalue weighted by atomic mass is 16.5. The molecule has 132 valence electrons. The summed E-state index contributed by atoms with van der Waals surface area (Å²) >= 11 is 0. The third-order valence-electron chi connectivity index (χ3n) is 3.56. The summed E-state index contributed by atoms with van der Waals surface area (Å²) in [6.45, 7) is 5.73. The van der Waals surface area contributed by atoms with Gasteiger partial charge < -0.3 is 14.9 Å². The van der Waals surface area contributed by atoms with Gasteiger partial charge in [0.15, 0.2) is 11.6 Å². The Labute approximate surface area is 146 Å². The molecule has 5 heteroatoms. The molecule has 0 atom stereocenters. The summed E-state index contributed by atoms with van der Waals surface area (Å²) in [5, 5.41) is 19.6. The van der Waals surface area contributed by atoms with Crippen LogP contribution in [-0.4, -0.2) is 33.0 Å². The monoisotopic (exact) mass is 342 g/mol. The Morgan fingerprint density at radius 2 is 1.28 bits per heavy atom. The fourth-order valence-electron chi connectivity index (χ4n) is 2.22. The Morgan fingerprint density at radius 3 is 1.80 bits per heavy atom. The van der Waals surface area contributed by atoms with Crippen LogP contribution in [0.2, 0.25) is 0 Å². The second kappa shape index (κ2) is 6.78. The van der Waals surface area contributed by atoms with Gasteiger partial charge >= 0.3 is 0 Å². The maximum atomic E-state index is 12.1. The maximum absolute atomic E-state index is 12.1. The van der Waals surface area contributed by atoms with Gasteiger partial charge in [-0.15, -0.1) is 0 Å². The van der Waals surface area contributed by atoms with E-state index in [4.69, 9.17) is 4.74 Å². The topological polar surface area (TPSA) is 83.8 Å². The lowest BCUT2D eigenvalue weighted by Crippen LogP contribution is -2.31. The van der Waals surface area contributed by atoms with Crippen LogP contribution in [0.3, 0.4) is 0 Å². The van der Waals surface area contributed by atoms with Crippen molar-refractivity contribution in [3.8, 4) is 11.5 Å². The molecule has 2 aromatic carbocycles. The molecule has 2 rings (SSSR count). The van der Waals surface area contributed by atoms with Gasteiger partial charge in [-0.05, 0) is 64.1 Å². The minimum atomic E-state index is -1.46. The molecular weight excluding hydrogens is 320 g/mol. The van der Waals surface area contributed by atoms with Crippen molar-refractivity contribution < 1.29 is 24.5 Å². The normalized spacial score (nSPS) is 11.9. The van der Waals surface area contributed by atoms with E-state index in [1.54, 1.807) is 48.5 Å². The summed E-state index contributed by atoms with van der Waals surface area (Å²) in [7, 11) is 0. The molecule has 0 amide bonds. The Kier molecular flexibility index (Phi) is 5.11. The molecule has 2 aromatic rings. The number of hydrogen-bond acceptors (Lipinski definition) is 5. The molecule has 0 radical (unpaired) electrons. The van der Waals surface area contributed by atoms with Crippen LogP contribution in [0.25, 0.3) is 0 Å². The molecule has 25 heavy (non-hydrogen) atoms. The van der Waals surface area contributed by atoms with E-state index in [2.05, 4.69) is 0 Å². The van der Waals surface area contributed by atoms with Crippen molar-refractivity contribution in [2.75, 3.05) is 0 Å². The van der Waals surface area contributed by atoms with Crippen molar-refractivity contribution in [2.24, 2.45) is 0 Å². The first-order valence-electron chi connectivity index (χ1n) is 7.91. The van der Waals surface area contributed by atoms with Crippen LogP contribution in [0.1, 0.15) is 48.4 Å². The van der Waals surface area contributed by atoms with E-state index in [9.17, 15) is 19.8 Å². The predicted octanol–water partition coefficient (Wildman–Crippen LogP) is 3.39. The summed E-state index contributed by atoms with van der Waals surface area (Å²) in [4.78, 5) is 24.1. The van der Waals surface area contributed by atoms with E-state index >= 15 is 0 Å². The molecule has 0 unspecified atom stereocenters. The van der Waals surface area contributed by atoms with Gasteiger partial charge in [-0.3, -0.25) is 9.59 Å². The van der Waals surface area contributed by atoms with E-state index in [0.717, 1.165) is 0 Å². The number of carbonyl (C=O) groups excluding carboxylic acids is 2. The van der Waals surface area contributed by atoms with Crippen LogP contribution < -0.4 is 4.74 Å². The average Bonchev–Trinajstić information content (AvgIpc) is 2.53. The van der Waals surface area contributed by atoms with Crippen LogP contribution in [-0.2, 0) is 0 Å². The van der Waals surface area contributed by atoms with E-state index in [-0.39, 0.29) is 5.78 Å². The van der Waals surface area contributed by atoms with Gasteiger partial charge in [0.1, 0.15) is 22.7 Å². The number of carbonyl (C=O) groups is 2. The van der Waals surface area contributed by atoms with Gasteiger partial charge in [-0.25, -0.2) is 0 Å². The number of Topliss-reactive ketones (excluding diaryl/α,β-unsaturated/α-hetero) is 2. The Morgan fingerprint density at radius 1 is 0.760 bits per heavy atom. The first-order valence-corrected chi connectivity index (χ1v) is 7.91. The summed E-state index contributed by atoms with van der Waals surface area (Å²) in [5.74, 6) is 0.151. The largest absolute Gasteiger partial charge is 0.457 e. The van der Waals surface area contributed by atoms with Crippen molar-refractivity contribution in [1.29, 1.82) is 0 Å². The van der Waals surface area contributed by atoms with Crippen LogP contribution >= 0.6 is 0 Å². The maximum Gasteiger partial charge on any atom is 0.193 e. The molecular formula is C20H22O5. The number of ketones is 2. The molecule has 0 saturated carbocycles. The van der Waals surface area contributed by atoms with Gasteiger partial charge in [0, 0.05) is 11.1 Å². The number of benzene rings is 2. The molecule has 0 heterocycles. The first-order chi connectivity index (χ1) is 11.5. The van der Waals surface area contributed by atoms with Gasteiger partial charge in [0.05, 0.1) is 0 Å². The van der Waals surface area contributed by atoms with Gasteiger partial charge in [-0.1, -0.05) is 12.1 Å². The van der Waals surface area contributed by atoms with Crippen LogP contribution in [0.5, 0.6) is 11.5 Å². The summed E-state index contributed by atoms with van der Waals surface area (Å²) in [5.41, 5.74) is -2.17. The predicted molar refractivity (Wildman–Crippen MR) is 94.2 cm³/mol. The van der Waals surface area contributed by atoms with Crippen LogP contribution in [0.15, 0.2) is 48.5 Å². The minimum Gasteiger partial charge on any atom is -0.457 e. The lowest BCUT2D eigenvalue weighted by Gasteiger charge is -2.16. The molecule has 2 N–H and O–H groups in total. The smallest absolute Gasteiger partial charge is 0.193 e. The fraction of sp³-hybridized carbons (Fsp3) is 0.300. The van der Waals surface area contributed by atoms with Crippen molar-refractivity contribution in [3.05, 3.63) is 59.7 Å². The third kappa shape index (κ3) is 4.75. The lowest BCUT2D eigenvalue weighted by atomic mass is 9.96. The molecule has 0 aliphatic rings. The van der Waals surface area contributed by atoms with E-state index < -0.39 is 17.0 Å². The Hall–Kier alpha value is -2.50. The second-order valence-corrected chi connectivity index (χ2v) is 6.93. The van der Waals surface area contributed by atoms with E-state index in [1.807, 2.05) is 0 Å². The Bertz CT molecular complexity index is 777. The zero-order valence-electron chi connectivity index (χ0n) is 14.7. The number of rotatable bonds is 6. The summed E-state index contributed by atoms with van der Waals surface area (Å²) in [6, 6.07) is 12.9. The molecule has 0 aliphatic heterocycles. The molecule has 0 fully saturated rings. The van der Waals surface area contributed by atoms with Crippen LogP contribution in [0.4, 0.5) is 0 Å². The molecule has 0 aromatic heterocycles. The molecule has 0 bridgehead atoms. The van der Waals surface area contributed by atoms with Crippen molar-refractivity contribution >= 4 is 11.6 Å². The number of ether oxygens (including phenoxy) is 1. The second-order valence-electron chi connectivity index (χ2n) is 6.93. The summed E-state index contributed by atoms with van der Waals surface area (Å²) in [6.07, 6.45) is 0. The molecule has 0 spiro atoms. The van der Waals surface area contributed by atoms with Gasteiger partial charge in [0.25, 0.3) is 0 Å². The van der Waals surface area contributed by atoms with Gasteiger partial charge in [-0.2, -0.15) is 0 Å². The zero-order valence-corrected chi connectivity index (χ0v) is 14.7. The SMILES string of the molecule is CC(C)(O)C(=O)c1ccc(Oc2cccc(C(=O)C(C)(C)O)c2)cc1. The highest BCUT2D eigenvalue weighted by Crippen LogP contribution is 2.25. The fourth-order valence-corrected chi connectivity index (χ4v) is 2.22. The highest BCUT2D eigenvalue weighted by molar-refractivity contribution is 6.02. The minimum absolute atomic E-state index is 0.346. The molecule has 0 aliphatic carbocycles. The average molecular weight is 342 g/mol. The first kappa shape index (κ1) is 18.8. The third-order valence-corrected chi connectivity index (χ3v) is 3.56. The lowest BCUT2D eigenvalue weighted by molar-refractivity contribution is 0.0487. The Balaban J connectivity index is 2.18. The summed E-state index contributed by atoms with van der Waals surface area (Å²) < 4.78 is 5.69. The quantitative estimate of drug-likeness (QED) is 0.786. The number of hydrogen-bond donors (Lipinski definition) is 2. The van der Waals surface area contributed by atoms with Crippen LogP contribution in [0, 0.1) is 0 Å². The number of aliphatic hydroxyl groups is 2. The van der Waals surface area contributed by atoms with E-state index in [1.165, 1.54) is 27.7 Å². The van der Waals surface area contributed by atoms with Crippen molar-refractivity contribution in [3.63, 3.8) is 0 Å². The standard InChI is InChI=1S/C20H22O5/c1-19(2,23)17(21)13-8-10-15(11-9-13)25-16-7-5-6-14(12-16)18(22)20(3,4)24/h5-12,23-24H,1-4H3. The molecule has 5 nitrogen and oxygen atoms in total. The zero-order chi connectivity index (χ0) is 18.8. The van der Waals surface area contributed by atoms with Crippen molar-refractivity contribution in [1.82, 2.24) is 0 Å². The van der Waals surface area contributed by atoms with Crippen molar-refractivity contribution in [2.45, 2.75) is 38.9 Å².